The number of benzene rings is 8. The van der Waals surface area contributed by atoms with E-state index >= 15 is 0 Å². The standard InChI is InChI=1S/C66H60BN3O/c1-63(2,3)39-22-26-42(27-23-39)70-54-35-49-45(44-32-40(64(4,5)6)24-28-48(44)66(49,10)11)34-47(54)59-60-61-57(58-43-20-16-17-21-56(43)71-62(58)59)46-33-41(65(7,8)9)25-29-51(46)69(61)55-36-53-38(30-50(55)67(60)70)31-52(68(53)12)37-18-14-13-15-19-37/h13-36H,1-12H3. The fourth-order valence-corrected chi connectivity index (χ4v) is 13.1. The predicted octanol–water partition coefficient (Wildman–Crippen LogP) is 16.3. The lowest BCUT2D eigenvalue weighted by Crippen LogP contribution is -2.60. The number of aromatic nitrogens is 2. The molecule has 0 bridgehead atoms. The van der Waals surface area contributed by atoms with Crippen LogP contribution in [0.5, 0.6) is 0 Å². The molecule has 0 radical (unpaired) electrons. The summed E-state index contributed by atoms with van der Waals surface area (Å²) in [5.74, 6) is 0. The Labute approximate surface area is 417 Å². The fraction of sp³-hybridized carbons (Fsp3) is 0.242. The second kappa shape index (κ2) is 13.8. The summed E-state index contributed by atoms with van der Waals surface area (Å²) in [6.45, 7) is 25.6. The van der Waals surface area contributed by atoms with Crippen molar-refractivity contribution in [1.82, 2.24) is 9.13 Å². The second-order valence-corrected chi connectivity index (χ2v) is 24.7. The minimum Gasteiger partial charge on any atom is -0.455 e. The lowest BCUT2D eigenvalue weighted by Gasteiger charge is -2.42. The predicted molar refractivity (Wildman–Crippen MR) is 303 cm³/mol. The molecule has 0 saturated carbocycles. The van der Waals surface area contributed by atoms with E-state index in [1.807, 2.05) is 0 Å². The van der Waals surface area contributed by atoms with Crippen LogP contribution in [0.4, 0.5) is 11.4 Å². The first-order chi connectivity index (χ1) is 33.8. The summed E-state index contributed by atoms with van der Waals surface area (Å²) >= 11 is 0. The van der Waals surface area contributed by atoms with Crippen molar-refractivity contribution in [3.63, 3.8) is 0 Å². The van der Waals surface area contributed by atoms with Crippen molar-refractivity contribution < 1.29 is 4.42 Å². The van der Waals surface area contributed by atoms with Crippen LogP contribution >= 0.6 is 0 Å². The van der Waals surface area contributed by atoms with Gasteiger partial charge >= 0.3 is 6.85 Å². The van der Waals surface area contributed by atoms with Crippen molar-refractivity contribution in [3.05, 3.63) is 173 Å². The van der Waals surface area contributed by atoms with Gasteiger partial charge in [-0.1, -0.05) is 167 Å². The first-order valence-corrected chi connectivity index (χ1v) is 25.7. The van der Waals surface area contributed by atoms with Crippen LogP contribution in [-0.4, -0.2) is 16.0 Å². The Morgan fingerprint density at radius 1 is 0.535 bits per heavy atom. The van der Waals surface area contributed by atoms with Crippen molar-refractivity contribution in [2.45, 2.75) is 97.8 Å². The molecule has 348 valence electrons. The highest BCUT2D eigenvalue weighted by molar-refractivity contribution is 6.94. The summed E-state index contributed by atoms with van der Waals surface area (Å²) in [7, 11) is 2.23. The fourth-order valence-electron chi connectivity index (χ4n) is 13.1. The highest BCUT2D eigenvalue weighted by Crippen LogP contribution is 2.57. The monoisotopic (exact) mass is 921 g/mol. The Morgan fingerprint density at radius 2 is 1.20 bits per heavy atom. The molecule has 71 heavy (non-hydrogen) atoms. The summed E-state index contributed by atoms with van der Waals surface area (Å²) in [6.07, 6.45) is 0. The number of rotatable bonds is 2. The molecule has 0 saturated heterocycles. The van der Waals surface area contributed by atoms with Gasteiger partial charge in [0, 0.05) is 67.9 Å². The lowest BCUT2D eigenvalue weighted by molar-refractivity contribution is 0.589. The van der Waals surface area contributed by atoms with Crippen LogP contribution in [0, 0.1) is 0 Å². The van der Waals surface area contributed by atoms with E-state index in [1.165, 1.54) is 127 Å². The Bertz CT molecular complexity index is 4140. The summed E-state index contributed by atoms with van der Waals surface area (Å²) < 4.78 is 12.5. The zero-order chi connectivity index (χ0) is 49.0. The topological polar surface area (TPSA) is 26.2 Å². The van der Waals surface area contributed by atoms with E-state index in [9.17, 15) is 0 Å². The minimum absolute atomic E-state index is 0.00614. The van der Waals surface area contributed by atoms with E-state index in [4.69, 9.17) is 4.42 Å². The van der Waals surface area contributed by atoms with E-state index in [-0.39, 0.29) is 28.5 Å². The Kier molecular flexibility index (Phi) is 8.28. The molecule has 2 aliphatic heterocycles. The molecule has 0 N–H and O–H groups in total. The van der Waals surface area contributed by atoms with Gasteiger partial charge in [0.25, 0.3) is 0 Å². The van der Waals surface area contributed by atoms with Gasteiger partial charge in [0.1, 0.15) is 11.2 Å². The molecule has 5 heterocycles. The molecule has 3 aromatic heterocycles. The van der Waals surface area contributed by atoms with Crippen LogP contribution in [-0.2, 0) is 28.7 Å². The molecule has 0 unspecified atom stereocenters. The smallest absolute Gasteiger partial charge is 0.333 e. The summed E-state index contributed by atoms with van der Waals surface area (Å²) in [5, 5.41) is 6.12. The van der Waals surface area contributed by atoms with Crippen molar-refractivity contribution in [3.8, 4) is 39.2 Å². The number of nitrogens with zero attached hydrogens (tertiary/aromatic N) is 3. The summed E-state index contributed by atoms with van der Waals surface area (Å²) in [5.41, 5.74) is 25.8. The summed E-state index contributed by atoms with van der Waals surface area (Å²) in [6, 6.07) is 56.2. The zero-order valence-corrected chi connectivity index (χ0v) is 43.2. The third-order valence-electron chi connectivity index (χ3n) is 17.0. The van der Waals surface area contributed by atoms with Crippen molar-refractivity contribution in [2.24, 2.45) is 7.05 Å². The van der Waals surface area contributed by atoms with Crippen LogP contribution in [0.15, 0.2) is 150 Å². The summed E-state index contributed by atoms with van der Waals surface area (Å²) in [4.78, 5) is 2.71. The molecule has 0 spiro atoms. The van der Waals surface area contributed by atoms with Gasteiger partial charge in [-0.3, -0.25) is 0 Å². The van der Waals surface area contributed by atoms with E-state index in [2.05, 4.69) is 243 Å². The van der Waals surface area contributed by atoms with E-state index < -0.39 is 0 Å². The SMILES string of the molecule is Cn1c(-c2ccccc2)cc2cc3c(cc21)-n1c2ccc(C(C)(C)C)cc2c2c4c(oc5ccccc54)c4c(c21)B3N(c1ccc(C(C)(C)C)cc1)c1cc2c(cc1-4)-c1cc(C(C)(C)C)ccc1C2(C)C. The number of hydrogen-bond acceptors (Lipinski definition) is 2. The van der Waals surface area contributed by atoms with E-state index in [0.29, 0.717) is 0 Å². The quantitative estimate of drug-likeness (QED) is 0.162. The van der Waals surface area contributed by atoms with Gasteiger partial charge in [-0.25, -0.2) is 0 Å². The minimum atomic E-state index is -0.220. The highest BCUT2D eigenvalue weighted by Gasteiger charge is 2.48. The van der Waals surface area contributed by atoms with Crippen molar-refractivity contribution in [2.75, 3.05) is 4.81 Å². The largest absolute Gasteiger partial charge is 0.455 e. The zero-order valence-electron chi connectivity index (χ0n) is 43.2. The third-order valence-corrected chi connectivity index (χ3v) is 17.0. The molecule has 0 atom stereocenters. The maximum absolute atomic E-state index is 7.43. The molecule has 3 aliphatic rings. The Morgan fingerprint density at radius 3 is 1.93 bits per heavy atom. The molecule has 1 aliphatic carbocycles. The van der Waals surface area contributed by atoms with Crippen molar-refractivity contribution >= 4 is 83.8 Å². The maximum atomic E-state index is 7.43. The van der Waals surface area contributed by atoms with E-state index in [0.717, 1.165) is 16.6 Å². The second-order valence-electron chi connectivity index (χ2n) is 24.7. The van der Waals surface area contributed by atoms with Crippen LogP contribution in [0.25, 0.3) is 93.8 Å². The van der Waals surface area contributed by atoms with E-state index in [1.54, 1.807) is 0 Å². The molecule has 0 amide bonds. The number of anilines is 2. The Hall–Kier alpha value is -7.24. The average molecular weight is 922 g/mol. The average Bonchev–Trinajstić information content (AvgIpc) is 4.05. The molecule has 5 heteroatoms. The first-order valence-electron chi connectivity index (χ1n) is 25.7. The number of fused-ring (bicyclic) bond motifs is 17. The van der Waals surface area contributed by atoms with Crippen LogP contribution in [0.2, 0.25) is 0 Å². The van der Waals surface area contributed by atoms with Gasteiger partial charge in [-0.2, -0.15) is 0 Å². The number of furan rings is 1. The molecular weight excluding hydrogens is 862 g/mol. The van der Waals surface area contributed by atoms with Gasteiger partial charge in [0.2, 0.25) is 0 Å². The van der Waals surface area contributed by atoms with Crippen LogP contribution in [0.1, 0.15) is 104 Å². The molecule has 4 nitrogen and oxygen atoms in total. The van der Waals surface area contributed by atoms with Crippen LogP contribution < -0.4 is 15.7 Å². The molecule has 14 rings (SSSR count). The molecule has 8 aromatic carbocycles. The van der Waals surface area contributed by atoms with Gasteiger partial charge in [0.15, 0.2) is 0 Å². The van der Waals surface area contributed by atoms with Crippen LogP contribution in [0.3, 0.4) is 0 Å². The normalized spacial score (nSPS) is 14.8. The number of para-hydroxylation sites is 1. The lowest BCUT2D eigenvalue weighted by atomic mass is 9.43. The van der Waals surface area contributed by atoms with Gasteiger partial charge in [-0.15, -0.1) is 0 Å². The number of aryl methyl sites for hydroxylation is 1. The maximum Gasteiger partial charge on any atom is 0.333 e. The van der Waals surface area contributed by atoms with Crippen molar-refractivity contribution in [1.29, 1.82) is 0 Å². The number of hydrogen-bond donors (Lipinski definition) is 0. The van der Waals surface area contributed by atoms with Gasteiger partial charge < -0.3 is 18.4 Å². The first kappa shape index (κ1) is 42.6. The van der Waals surface area contributed by atoms with Gasteiger partial charge in [0.05, 0.1) is 16.6 Å². The van der Waals surface area contributed by atoms with Gasteiger partial charge in [-0.05, 0) is 132 Å². The third kappa shape index (κ3) is 5.69. The molecule has 11 aromatic rings. The molecular formula is C66H60BN3O. The molecule has 0 fully saturated rings. The Balaban J connectivity index is 1.20. The highest BCUT2D eigenvalue weighted by atomic mass is 16.3.